The quantitative estimate of drug-likeness (QED) is 0.774. The van der Waals surface area contributed by atoms with E-state index in [4.69, 9.17) is 11.6 Å². The summed E-state index contributed by atoms with van der Waals surface area (Å²) in [5.74, 6) is 0. The molecule has 1 unspecified atom stereocenters. The molecular weight excluding hydrogens is 334 g/mol. The van der Waals surface area contributed by atoms with Crippen LogP contribution in [-0.2, 0) is 10.0 Å². The Labute approximate surface area is 113 Å². The van der Waals surface area contributed by atoms with Gasteiger partial charge in [0.1, 0.15) is 4.21 Å². The standard InChI is InChI=1S/C9H11BrClNO2S2/c1-6-4-8(15-9(6)10)16(13,14)12-3-2-7(11)5-12/h4,7H,2-3,5H2,1H3. The molecule has 0 aromatic carbocycles. The predicted octanol–water partition coefficient (Wildman–Crippen LogP) is 2.82. The van der Waals surface area contributed by atoms with Crippen LogP contribution in [0.4, 0.5) is 0 Å². The maximum absolute atomic E-state index is 12.2. The number of hydrogen-bond donors (Lipinski definition) is 0. The minimum absolute atomic E-state index is 0.0562. The molecule has 0 bridgehead atoms. The van der Waals surface area contributed by atoms with Crippen molar-refractivity contribution >= 4 is 48.9 Å². The van der Waals surface area contributed by atoms with Crippen molar-refractivity contribution in [1.82, 2.24) is 4.31 Å². The van der Waals surface area contributed by atoms with Gasteiger partial charge in [-0.15, -0.1) is 22.9 Å². The number of hydrogen-bond acceptors (Lipinski definition) is 3. The Morgan fingerprint density at radius 1 is 1.62 bits per heavy atom. The SMILES string of the molecule is Cc1cc(S(=O)(=O)N2CCC(Cl)C2)sc1Br. The third-order valence-electron chi connectivity index (χ3n) is 2.52. The van der Waals surface area contributed by atoms with E-state index in [0.717, 1.165) is 15.8 Å². The van der Waals surface area contributed by atoms with Crippen molar-refractivity contribution in [2.24, 2.45) is 0 Å². The lowest BCUT2D eigenvalue weighted by atomic mass is 10.4. The molecule has 1 aliphatic heterocycles. The highest BCUT2D eigenvalue weighted by Gasteiger charge is 2.32. The molecule has 7 heteroatoms. The Kier molecular flexibility index (Phi) is 3.66. The lowest BCUT2D eigenvalue weighted by Crippen LogP contribution is -2.28. The molecule has 1 aromatic heterocycles. The number of sulfonamides is 1. The summed E-state index contributed by atoms with van der Waals surface area (Å²) in [6, 6.07) is 1.70. The van der Waals surface area contributed by atoms with E-state index >= 15 is 0 Å². The molecule has 0 saturated carbocycles. The van der Waals surface area contributed by atoms with E-state index in [1.165, 1.54) is 15.6 Å². The molecule has 1 aromatic rings. The van der Waals surface area contributed by atoms with Crippen molar-refractivity contribution in [3.8, 4) is 0 Å². The van der Waals surface area contributed by atoms with Gasteiger partial charge >= 0.3 is 0 Å². The number of rotatable bonds is 2. The van der Waals surface area contributed by atoms with Crippen molar-refractivity contribution in [2.45, 2.75) is 22.9 Å². The molecule has 2 rings (SSSR count). The topological polar surface area (TPSA) is 37.4 Å². The summed E-state index contributed by atoms with van der Waals surface area (Å²) in [5, 5.41) is -0.0562. The van der Waals surface area contributed by atoms with E-state index in [1.54, 1.807) is 6.07 Å². The first-order valence-electron chi connectivity index (χ1n) is 4.81. The zero-order chi connectivity index (χ0) is 11.9. The molecule has 1 fully saturated rings. The van der Waals surface area contributed by atoms with Gasteiger partial charge in [-0.25, -0.2) is 8.42 Å². The van der Waals surface area contributed by atoms with E-state index < -0.39 is 10.0 Å². The van der Waals surface area contributed by atoms with Gasteiger partial charge in [0.05, 0.1) is 3.79 Å². The monoisotopic (exact) mass is 343 g/mol. The normalized spacial score (nSPS) is 22.8. The molecule has 1 aliphatic rings. The number of aryl methyl sites for hydroxylation is 1. The summed E-state index contributed by atoms with van der Waals surface area (Å²) in [4.78, 5) is 0. The number of alkyl halides is 1. The van der Waals surface area contributed by atoms with E-state index in [1.807, 2.05) is 6.92 Å². The number of halogens is 2. The molecule has 0 aliphatic carbocycles. The summed E-state index contributed by atoms with van der Waals surface area (Å²) in [6.45, 7) is 2.82. The fourth-order valence-corrected chi connectivity index (χ4v) is 5.82. The minimum atomic E-state index is -3.34. The van der Waals surface area contributed by atoms with E-state index in [0.29, 0.717) is 17.3 Å². The maximum atomic E-state index is 12.2. The van der Waals surface area contributed by atoms with Crippen LogP contribution in [0.25, 0.3) is 0 Å². The molecule has 0 radical (unpaired) electrons. The van der Waals surface area contributed by atoms with Crippen molar-refractivity contribution in [1.29, 1.82) is 0 Å². The third kappa shape index (κ3) is 2.31. The van der Waals surface area contributed by atoms with Crippen LogP contribution in [0.2, 0.25) is 0 Å². The zero-order valence-electron chi connectivity index (χ0n) is 8.61. The molecule has 16 heavy (non-hydrogen) atoms. The summed E-state index contributed by atoms with van der Waals surface area (Å²) >= 11 is 10.5. The van der Waals surface area contributed by atoms with Crippen molar-refractivity contribution in [3.63, 3.8) is 0 Å². The molecule has 1 saturated heterocycles. The third-order valence-corrected chi connectivity index (χ3v) is 7.33. The fourth-order valence-electron chi connectivity index (χ4n) is 1.59. The highest BCUT2D eigenvalue weighted by Crippen LogP contribution is 2.33. The molecular formula is C9H11BrClNO2S2. The van der Waals surface area contributed by atoms with Gasteiger partial charge in [0.15, 0.2) is 0 Å². The van der Waals surface area contributed by atoms with Gasteiger partial charge in [-0.05, 0) is 40.9 Å². The maximum Gasteiger partial charge on any atom is 0.252 e. The van der Waals surface area contributed by atoms with E-state index in [-0.39, 0.29) is 5.38 Å². The lowest BCUT2D eigenvalue weighted by molar-refractivity contribution is 0.479. The second-order valence-corrected chi connectivity index (χ2v) is 8.92. The molecule has 3 nitrogen and oxygen atoms in total. The number of nitrogens with zero attached hydrogens (tertiary/aromatic N) is 1. The second kappa shape index (κ2) is 4.57. The zero-order valence-corrected chi connectivity index (χ0v) is 12.6. The minimum Gasteiger partial charge on any atom is -0.206 e. The molecule has 2 heterocycles. The molecule has 0 amide bonds. The fraction of sp³-hybridized carbons (Fsp3) is 0.556. The van der Waals surface area contributed by atoms with Crippen LogP contribution >= 0.6 is 38.9 Å². The summed E-state index contributed by atoms with van der Waals surface area (Å²) in [7, 11) is -3.34. The molecule has 90 valence electrons. The molecule has 0 spiro atoms. The van der Waals surface area contributed by atoms with Crippen LogP contribution in [-0.4, -0.2) is 31.2 Å². The van der Waals surface area contributed by atoms with Crippen molar-refractivity contribution in [2.75, 3.05) is 13.1 Å². The van der Waals surface area contributed by atoms with Gasteiger partial charge in [0.2, 0.25) is 0 Å². The Morgan fingerprint density at radius 3 is 2.75 bits per heavy atom. The van der Waals surface area contributed by atoms with Gasteiger partial charge in [-0.1, -0.05) is 0 Å². The number of thiophene rings is 1. The van der Waals surface area contributed by atoms with Gasteiger partial charge in [0.25, 0.3) is 10.0 Å². The first-order chi connectivity index (χ1) is 7.41. The van der Waals surface area contributed by atoms with Gasteiger partial charge in [0, 0.05) is 18.5 Å². The Morgan fingerprint density at radius 2 is 2.31 bits per heavy atom. The van der Waals surface area contributed by atoms with Crippen LogP contribution in [0.15, 0.2) is 14.1 Å². The Hall–Kier alpha value is 0.380. The first-order valence-corrected chi connectivity index (χ1v) is 8.30. The summed E-state index contributed by atoms with van der Waals surface area (Å²) in [5.41, 5.74) is 0.949. The van der Waals surface area contributed by atoms with Crippen LogP contribution in [0.3, 0.4) is 0 Å². The Balaban J connectivity index is 2.32. The average molecular weight is 345 g/mol. The predicted molar refractivity (Wildman–Crippen MR) is 69.8 cm³/mol. The van der Waals surface area contributed by atoms with Crippen LogP contribution < -0.4 is 0 Å². The van der Waals surface area contributed by atoms with E-state index in [9.17, 15) is 8.42 Å². The van der Waals surface area contributed by atoms with Crippen molar-refractivity contribution in [3.05, 3.63) is 15.4 Å². The highest BCUT2D eigenvalue weighted by atomic mass is 79.9. The van der Waals surface area contributed by atoms with Crippen molar-refractivity contribution < 1.29 is 8.42 Å². The molecule has 1 atom stereocenters. The first kappa shape index (κ1) is 12.8. The van der Waals surface area contributed by atoms with E-state index in [2.05, 4.69) is 15.9 Å². The second-order valence-electron chi connectivity index (χ2n) is 3.77. The average Bonchev–Trinajstić information content (AvgIpc) is 2.75. The van der Waals surface area contributed by atoms with Crippen LogP contribution in [0, 0.1) is 6.92 Å². The highest BCUT2D eigenvalue weighted by molar-refractivity contribution is 9.11. The molecule has 0 N–H and O–H groups in total. The Bertz CT molecular complexity index is 480. The van der Waals surface area contributed by atoms with Crippen LogP contribution in [0.5, 0.6) is 0 Å². The summed E-state index contributed by atoms with van der Waals surface area (Å²) < 4.78 is 27.1. The largest absolute Gasteiger partial charge is 0.252 e. The van der Waals surface area contributed by atoms with Gasteiger partial charge in [-0.3, -0.25) is 0 Å². The van der Waals surface area contributed by atoms with Crippen LogP contribution in [0.1, 0.15) is 12.0 Å². The summed E-state index contributed by atoms with van der Waals surface area (Å²) in [6.07, 6.45) is 0.728. The smallest absolute Gasteiger partial charge is 0.206 e. The van der Waals surface area contributed by atoms with Gasteiger partial charge in [-0.2, -0.15) is 4.31 Å². The van der Waals surface area contributed by atoms with Gasteiger partial charge < -0.3 is 0 Å². The lowest BCUT2D eigenvalue weighted by Gasteiger charge is -2.13.